The van der Waals surface area contributed by atoms with Gasteiger partial charge in [-0.05, 0) is 19.9 Å². The predicted octanol–water partition coefficient (Wildman–Crippen LogP) is 2.35. The average Bonchev–Trinajstić information content (AvgIpc) is 2.25. The van der Waals surface area contributed by atoms with Gasteiger partial charge in [-0.15, -0.1) is 0 Å². The van der Waals surface area contributed by atoms with Crippen LogP contribution in [0.3, 0.4) is 0 Å². The monoisotopic (exact) mass is 226 g/mol. The van der Waals surface area contributed by atoms with Crippen LogP contribution in [0.5, 0.6) is 0 Å². The van der Waals surface area contributed by atoms with Crippen LogP contribution < -0.4 is 10.6 Å². The largest absolute Gasteiger partial charge is 0.380 e. The van der Waals surface area contributed by atoms with Gasteiger partial charge in [-0.3, -0.25) is 4.79 Å². The Morgan fingerprint density at radius 1 is 1.31 bits per heavy atom. The summed E-state index contributed by atoms with van der Waals surface area (Å²) in [5.41, 5.74) is -0.379. The summed E-state index contributed by atoms with van der Waals surface area (Å²) in [6.45, 7) is 3.76. The molecular weight excluding hydrogens is 214 g/mol. The van der Waals surface area contributed by atoms with Crippen molar-refractivity contribution in [3.05, 3.63) is 23.8 Å². The topological polar surface area (TPSA) is 41.1 Å². The molecule has 1 aliphatic heterocycles. The number of hydrogen-bond donors (Lipinski definition) is 2. The van der Waals surface area contributed by atoms with Gasteiger partial charge in [0.1, 0.15) is 5.82 Å². The molecule has 2 N–H and O–H groups in total. The van der Waals surface area contributed by atoms with Crippen molar-refractivity contribution < 1.29 is 13.6 Å². The van der Waals surface area contributed by atoms with E-state index in [2.05, 4.69) is 10.6 Å². The van der Waals surface area contributed by atoms with Gasteiger partial charge >= 0.3 is 0 Å². The first kappa shape index (κ1) is 10.9. The summed E-state index contributed by atoms with van der Waals surface area (Å²) in [7, 11) is 0. The highest BCUT2D eigenvalue weighted by Crippen LogP contribution is 2.32. The highest BCUT2D eigenvalue weighted by molar-refractivity contribution is 5.99. The van der Waals surface area contributed by atoms with E-state index in [1.54, 1.807) is 13.8 Å². The zero-order valence-corrected chi connectivity index (χ0v) is 9.03. The summed E-state index contributed by atoms with van der Waals surface area (Å²) in [5, 5.41) is 5.33. The molecule has 0 unspecified atom stereocenters. The Balaban J connectivity index is 2.49. The van der Waals surface area contributed by atoms with Crippen LogP contribution in [-0.2, 0) is 4.79 Å². The number of carbonyl (C=O) groups is 1. The minimum atomic E-state index is -0.710. The number of amides is 1. The molecule has 5 heteroatoms. The molecule has 3 nitrogen and oxygen atoms in total. The van der Waals surface area contributed by atoms with Crippen LogP contribution in [0.15, 0.2) is 12.1 Å². The molecule has 0 saturated heterocycles. The lowest BCUT2D eigenvalue weighted by Crippen LogP contribution is -2.34. The van der Waals surface area contributed by atoms with Crippen LogP contribution in [0.4, 0.5) is 20.2 Å². The van der Waals surface area contributed by atoms with Crippen molar-refractivity contribution in [3.8, 4) is 0 Å². The summed E-state index contributed by atoms with van der Waals surface area (Å²) in [6, 6.07) is 1.89. The van der Waals surface area contributed by atoms with Crippen molar-refractivity contribution in [2.45, 2.75) is 13.8 Å². The standard InChI is InChI=1S/C11H12F2N2O/c1-11(2)5-14-9-7(13)3-6(12)4-8(9)15-10(11)16/h3-4,14H,5H2,1-2H3,(H,15,16). The molecule has 0 aliphatic carbocycles. The Labute approximate surface area is 91.8 Å². The number of benzene rings is 1. The van der Waals surface area contributed by atoms with E-state index in [4.69, 9.17) is 0 Å². The smallest absolute Gasteiger partial charge is 0.231 e. The average molecular weight is 226 g/mol. The second-order valence-corrected chi connectivity index (χ2v) is 4.50. The van der Waals surface area contributed by atoms with E-state index in [9.17, 15) is 13.6 Å². The van der Waals surface area contributed by atoms with Gasteiger partial charge in [0.2, 0.25) is 5.91 Å². The molecule has 1 aromatic rings. The number of rotatable bonds is 0. The van der Waals surface area contributed by atoms with Crippen LogP contribution in [-0.4, -0.2) is 12.5 Å². The second kappa shape index (κ2) is 3.43. The maximum atomic E-state index is 13.4. The molecule has 0 fully saturated rings. The lowest BCUT2D eigenvalue weighted by molar-refractivity contribution is -0.123. The predicted molar refractivity (Wildman–Crippen MR) is 57.3 cm³/mol. The van der Waals surface area contributed by atoms with Gasteiger partial charge in [0.15, 0.2) is 5.82 Å². The van der Waals surface area contributed by atoms with Crippen LogP contribution in [0.2, 0.25) is 0 Å². The Morgan fingerprint density at radius 3 is 2.69 bits per heavy atom. The fourth-order valence-corrected chi connectivity index (χ4v) is 1.53. The van der Waals surface area contributed by atoms with Crippen molar-refractivity contribution in [2.24, 2.45) is 5.41 Å². The number of carbonyl (C=O) groups excluding carboxylic acids is 1. The molecule has 1 aliphatic rings. The molecular formula is C11H12F2N2O. The van der Waals surface area contributed by atoms with Crippen molar-refractivity contribution >= 4 is 17.3 Å². The van der Waals surface area contributed by atoms with Crippen molar-refractivity contribution in [1.29, 1.82) is 0 Å². The number of nitrogens with one attached hydrogen (secondary N) is 2. The summed E-state index contributed by atoms with van der Waals surface area (Å²) in [4.78, 5) is 11.7. The molecule has 0 spiro atoms. The third-order valence-corrected chi connectivity index (χ3v) is 2.62. The molecule has 0 bridgehead atoms. The van der Waals surface area contributed by atoms with E-state index in [0.717, 1.165) is 12.1 Å². The van der Waals surface area contributed by atoms with E-state index < -0.39 is 17.0 Å². The van der Waals surface area contributed by atoms with Gasteiger partial charge < -0.3 is 10.6 Å². The summed E-state index contributed by atoms with van der Waals surface area (Å²) < 4.78 is 26.4. The van der Waals surface area contributed by atoms with Gasteiger partial charge in [-0.1, -0.05) is 0 Å². The molecule has 0 atom stereocenters. The van der Waals surface area contributed by atoms with Gasteiger partial charge in [-0.25, -0.2) is 8.78 Å². The van der Waals surface area contributed by atoms with E-state index in [0.29, 0.717) is 6.54 Å². The normalized spacial score (nSPS) is 18.1. The Bertz CT molecular complexity index is 458. The first-order chi connectivity index (χ1) is 7.40. The zero-order valence-electron chi connectivity index (χ0n) is 9.03. The molecule has 2 rings (SSSR count). The Kier molecular flexibility index (Phi) is 2.33. The van der Waals surface area contributed by atoms with Crippen molar-refractivity contribution in [2.75, 3.05) is 17.2 Å². The fraction of sp³-hybridized carbons (Fsp3) is 0.364. The molecule has 0 aromatic heterocycles. The third kappa shape index (κ3) is 1.73. The molecule has 1 heterocycles. The van der Waals surface area contributed by atoms with Crippen LogP contribution in [0, 0.1) is 17.0 Å². The number of halogens is 2. The van der Waals surface area contributed by atoms with Crippen LogP contribution >= 0.6 is 0 Å². The first-order valence-electron chi connectivity index (χ1n) is 4.94. The molecule has 0 saturated carbocycles. The minimum absolute atomic E-state index is 0.139. The van der Waals surface area contributed by atoms with E-state index >= 15 is 0 Å². The Hall–Kier alpha value is -1.65. The third-order valence-electron chi connectivity index (χ3n) is 2.62. The molecule has 1 aromatic carbocycles. The second-order valence-electron chi connectivity index (χ2n) is 4.50. The summed E-state index contributed by atoms with van der Waals surface area (Å²) in [5.74, 6) is -1.67. The maximum absolute atomic E-state index is 13.4. The maximum Gasteiger partial charge on any atom is 0.231 e. The fourth-order valence-electron chi connectivity index (χ4n) is 1.53. The number of anilines is 2. The summed E-state index contributed by atoms with van der Waals surface area (Å²) in [6.07, 6.45) is 0. The van der Waals surface area contributed by atoms with Crippen LogP contribution in [0.1, 0.15) is 13.8 Å². The van der Waals surface area contributed by atoms with Gasteiger partial charge in [0.25, 0.3) is 0 Å². The van der Waals surface area contributed by atoms with E-state index in [1.807, 2.05) is 0 Å². The summed E-state index contributed by atoms with van der Waals surface area (Å²) >= 11 is 0. The number of fused-ring (bicyclic) bond motifs is 1. The van der Waals surface area contributed by atoms with Gasteiger partial charge in [0.05, 0.1) is 16.8 Å². The van der Waals surface area contributed by atoms with E-state index in [-0.39, 0.29) is 17.3 Å². The highest BCUT2D eigenvalue weighted by Gasteiger charge is 2.32. The van der Waals surface area contributed by atoms with Gasteiger partial charge in [0, 0.05) is 12.6 Å². The van der Waals surface area contributed by atoms with E-state index in [1.165, 1.54) is 0 Å². The lowest BCUT2D eigenvalue weighted by atomic mass is 9.93. The number of hydrogen-bond acceptors (Lipinski definition) is 2. The molecule has 86 valence electrons. The zero-order chi connectivity index (χ0) is 11.9. The first-order valence-corrected chi connectivity index (χ1v) is 4.94. The highest BCUT2D eigenvalue weighted by atomic mass is 19.1. The van der Waals surface area contributed by atoms with Crippen molar-refractivity contribution in [3.63, 3.8) is 0 Å². The van der Waals surface area contributed by atoms with Gasteiger partial charge in [-0.2, -0.15) is 0 Å². The lowest BCUT2D eigenvalue weighted by Gasteiger charge is -2.19. The minimum Gasteiger partial charge on any atom is -0.380 e. The Morgan fingerprint density at radius 2 is 2.00 bits per heavy atom. The van der Waals surface area contributed by atoms with Crippen LogP contribution in [0.25, 0.3) is 0 Å². The molecule has 1 amide bonds. The quantitative estimate of drug-likeness (QED) is 0.713. The van der Waals surface area contributed by atoms with Crippen molar-refractivity contribution in [1.82, 2.24) is 0 Å². The molecule has 16 heavy (non-hydrogen) atoms. The SMILES string of the molecule is CC1(C)CNc2c(F)cc(F)cc2NC1=O. The molecule has 0 radical (unpaired) electrons.